The third-order valence-corrected chi connectivity index (χ3v) is 6.69. The van der Waals surface area contributed by atoms with Crippen LogP contribution in [0.3, 0.4) is 0 Å². The minimum atomic E-state index is 0.0522. The van der Waals surface area contributed by atoms with E-state index in [0.717, 1.165) is 83.3 Å². The summed E-state index contributed by atoms with van der Waals surface area (Å²) in [5, 5.41) is 3.16. The molecule has 2 saturated heterocycles. The Morgan fingerprint density at radius 1 is 1.00 bits per heavy atom. The molecule has 0 radical (unpaired) electrons. The van der Waals surface area contributed by atoms with Gasteiger partial charge in [-0.2, -0.15) is 0 Å². The molecule has 4 rings (SSSR count). The van der Waals surface area contributed by atoms with Crippen LogP contribution in [0.2, 0.25) is 0 Å². The highest BCUT2D eigenvalue weighted by atomic mass is 16.5. The van der Waals surface area contributed by atoms with Crippen LogP contribution in [0.4, 0.5) is 5.82 Å². The van der Waals surface area contributed by atoms with Crippen LogP contribution in [0.25, 0.3) is 0 Å². The predicted octanol–water partition coefficient (Wildman–Crippen LogP) is 2.55. The van der Waals surface area contributed by atoms with Crippen molar-refractivity contribution >= 4 is 11.7 Å². The van der Waals surface area contributed by atoms with E-state index in [1.165, 1.54) is 5.56 Å². The molecule has 2 aromatic rings. The van der Waals surface area contributed by atoms with Gasteiger partial charge in [-0.25, -0.2) is 9.97 Å². The van der Waals surface area contributed by atoms with Crippen molar-refractivity contribution < 1.29 is 9.53 Å². The Morgan fingerprint density at radius 2 is 1.67 bits per heavy atom. The molecule has 0 spiro atoms. The average Bonchev–Trinajstić information content (AvgIpc) is 2.86. The molecule has 1 amide bonds. The lowest BCUT2D eigenvalue weighted by atomic mass is 9.96. The molecule has 178 valence electrons. The van der Waals surface area contributed by atoms with Crippen LogP contribution in [0.15, 0.2) is 36.7 Å². The third-order valence-electron chi connectivity index (χ3n) is 6.69. The fourth-order valence-corrected chi connectivity index (χ4v) is 4.49. The first-order chi connectivity index (χ1) is 16.1. The van der Waals surface area contributed by atoms with Gasteiger partial charge in [0, 0.05) is 70.7 Å². The van der Waals surface area contributed by atoms with Crippen molar-refractivity contribution in [2.45, 2.75) is 26.7 Å². The Balaban J connectivity index is 1.23. The van der Waals surface area contributed by atoms with Gasteiger partial charge in [-0.3, -0.25) is 9.69 Å². The van der Waals surface area contributed by atoms with E-state index < -0.39 is 0 Å². The fourth-order valence-electron chi connectivity index (χ4n) is 4.49. The number of amides is 1. The maximum Gasteiger partial charge on any atom is 0.263 e. The van der Waals surface area contributed by atoms with E-state index in [1.54, 1.807) is 12.4 Å². The van der Waals surface area contributed by atoms with Crippen LogP contribution in [-0.4, -0.2) is 84.6 Å². The van der Waals surface area contributed by atoms with Gasteiger partial charge in [0.25, 0.3) is 5.88 Å². The number of carbonyl (C=O) groups excluding carboxylic acids is 1. The number of likely N-dealkylation sites (N-methyl/N-ethyl adjacent to an activating group) is 1. The van der Waals surface area contributed by atoms with Crippen LogP contribution in [-0.2, 0) is 4.79 Å². The van der Waals surface area contributed by atoms with Crippen LogP contribution in [0.1, 0.15) is 25.3 Å². The van der Waals surface area contributed by atoms with Gasteiger partial charge in [0.1, 0.15) is 5.75 Å². The molecule has 1 aromatic heterocycles. The monoisotopic (exact) mass is 452 g/mol. The lowest BCUT2D eigenvalue weighted by molar-refractivity contribution is -0.125. The number of rotatable bonds is 8. The largest absolute Gasteiger partial charge is 0.436 e. The first-order valence-corrected chi connectivity index (χ1v) is 12.1. The first-order valence-electron chi connectivity index (χ1n) is 12.1. The molecule has 0 atom stereocenters. The molecule has 2 aliphatic heterocycles. The summed E-state index contributed by atoms with van der Waals surface area (Å²) in [7, 11) is 0. The molecule has 0 bridgehead atoms. The number of anilines is 1. The van der Waals surface area contributed by atoms with Crippen molar-refractivity contribution in [3.05, 3.63) is 42.2 Å². The van der Waals surface area contributed by atoms with Crippen molar-refractivity contribution in [2.75, 3.05) is 63.8 Å². The molecule has 1 N–H and O–H groups in total. The second-order valence-electron chi connectivity index (χ2n) is 8.93. The van der Waals surface area contributed by atoms with E-state index >= 15 is 0 Å². The van der Waals surface area contributed by atoms with Gasteiger partial charge in [0.05, 0.1) is 0 Å². The van der Waals surface area contributed by atoms with Gasteiger partial charge in [-0.15, -0.1) is 0 Å². The van der Waals surface area contributed by atoms with Crippen LogP contribution in [0.5, 0.6) is 11.6 Å². The third kappa shape index (κ3) is 6.42. The maximum absolute atomic E-state index is 12.7. The average molecular weight is 453 g/mol. The van der Waals surface area contributed by atoms with Gasteiger partial charge in [-0.1, -0.05) is 24.6 Å². The zero-order valence-electron chi connectivity index (χ0n) is 19.9. The van der Waals surface area contributed by atoms with E-state index in [2.05, 4.69) is 36.9 Å². The van der Waals surface area contributed by atoms with Crippen molar-refractivity contribution in [1.82, 2.24) is 25.1 Å². The van der Waals surface area contributed by atoms with Gasteiger partial charge < -0.3 is 19.9 Å². The Hall–Kier alpha value is -2.71. The van der Waals surface area contributed by atoms with E-state index in [9.17, 15) is 4.79 Å². The highest BCUT2D eigenvalue weighted by Crippen LogP contribution is 2.31. The summed E-state index contributed by atoms with van der Waals surface area (Å²) in [5.41, 5.74) is 1.18. The number of nitrogens with one attached hydrogen (secondary N) is 1. The maximum atomic E-state index is 12.7. The Kier molecular flexibility index (Phi) is 8.12. The Bertz CT molecular complexity index is 890. The smallest absolute Gasteiger partial charge is 0.263 e. The predicted molar refractivity (Wildman–Crippen MR) is 130 cm³/mol. The van der Waals surface area contributed by atoms with Crippen LogP contribution < -0.4 is 15.0 Å². The quantitative estimate of drug-likeness (QED) is 0.660. The van der Waals surface area contributed by atoms with Gasteiger partial charge >= 0.3 is 0 Å². The van der Waals surface area contributed by atoms with E-state index in [4.69, 9.17) is 4.74 Å². The number of aromatic nitrogens is 2. The molecule has 1 aromatic carbocycles. The molecule has 2 fully saturated rings. The number of ether oxygens (including phenoxy) is 1. The summed E-state index contributed by atoms with van der Waals surface area (Å²) >= 11 is 0. The summed E-state index contributed by atoms with van der Waals surface area (Å²) < 4.78 is 6.01. The Labute approximate surface area is 196 Å². The number of piperazine rings is 1. The van der Waals surface area contributed by atoms with Crippen LogP contribution in [0, 0.1) is 12.8 Å². The molecule has 0 saturated carbocycles. The Morgan fingerprint density at radius 3 is 2.36 bits per heavy atom. The number of benzene rings is 1. The van der Waals surface area contributed by atoms with Gasteiger partial charge in [0.2, 0.25) is 5.91 Å². The number of aryl methyl sites for hydroxylation is 1. The van der Waals surface area contributed by atoms with E-state index in [0.29, 0.717) is 5.88 Å². The number of nitrogens with zero attached hydrogens (tertiary/aromatic N) is 5. The second-order valence-corrected chi connectivity index (χ2v) is 8.93. The highest BCUT2D eigenvalue weighted by Gasteiger charge is 2.27. The molecule has 8 heteroatoms. The highest BCUT2D eigenvalue weighted by molar-refractivity contribution is 5.79. The standard InChI is InChI=1S/C25H36N6O2/c1-3-29-16-18-30(19-17-29)15-12-27-24(32)21-8-13-31(14-9-21)23-25(28-11-10-26-23)33-22-6-4-20(2)5-7-22/h4-7,10-11,21H,3,8-9,12-19H2,1-2H3,(H,27,32). The van der Waals surface area contributed by atoms with Gasteiger partial charge in [-0.05, 0) is 38.4 Å². The summed E-state index contributed by atoms with van der Waals surface area (Å²) in [6.07, 6.45) is 4.95. The number of carbonyl (C=O) groups is 1. The normalized spacial score (nSPS) is 18.3. The summed E-state index contributed by atoms with van der Waals surface area (Å²) in [4.78, 5) is 28.7. The van der Waals surface area contributed by atoms with Crippen molar-refractivity contribution in [3.8, 4) is 11.6 Å². The second kappa shape index (κ2) is 11.4. The minimum Gasteiger partial charge on any atom is -0.436 e. The number of hydrogen-bond acceptors (Lipinski definition) is 7. The number of hydrogen-bond donors (Lipinski definition) is 1. The summed E-state index contributed by atoms with van der Waals surface area (Å²) in [6, 6.07) is 7.91. The number of piperidine rings is 1. The topological polar surface area (TPSA) is 73.8 Å². The summed E-state index contributed by atoms with van der Waals surface area (Å²) in [5.74, 6) is 2.22. The van der Waals surface area contributed by atoms with Crippen molar-refractivity contribution in [3.63, 3.8) is 0 Å². The lowest BCUT2D eigenvalue weighted by Gasteiger charge is -2.34. The first kappa shape index (κ1) is 23.4. The summed E-state index contributed by atoms with van der Waals surface area (Å²) in [6.45, 7) is 13.0. The van der Waals surface area contributed by atoms with E-state index in [-0.39, 0.29) is 11.8 Å². The minimum absolute atomic E-state index is 0.0522. The van der Waals surface area contributed by atoms with E-state index in [1.807, 2.05) is 31.2 Å². The molecule has 0 aliphatic carbocycles. The van der Waals surface area contributed by atoms with Crippen molar-refractivity contribution in [2.24, 2.45) is 5.92 Å². The molecule has 0 unspecified atom stereocenters. The molecule has 8 nitrogen and oxygen atoms in total. The molecule has 33 heavy (non-hydrogen) atoms. The molecular weight excluding hydrogens is 416 g/mol. The SMILES string of the molecule is CCN1CCN(CCNC(=O)C2CCN(c3nccnc3Oc3ccc(C)cc3)CC2)CC1. The van der Waals surface area contributed by atoms with Crippen molar-refractivity contribution in [1.29, 1.82) is 0 Å². The zero-order chi connectivity index (χ0) is 23.0. The molecule has 2 aliphatic rings. The zero-order valence-corrected chi connectivity index (χ0v) is 19.9. The molecular formula is C25H36N6O2. The fraction of sp³-hybridized carbons (Fsp3) is 0.560. The van der Waals surface area contributed by atoms with Gasteiger partial charge in [0.15, 0.2) is 5.82 Å². The van der Waals surface area contributed by atoms with Crippen LogP contribution >= 0.6 is 0 Å². The lowest BCUT2D eigenvalue weighted by Crippen LogP contribution is -2.49. The molecule has 3 heterocycles.